The highest BCUT2D eigenvalue weighted by molar-refractivity contribution is 6.11. The molecule has 0 unspecified atom stereocenters. The Morgan fingerprint density at radius 2 is 1.57 bits per heavy atom. The third kappa shape index (κ3) is 3.46. The topological polar surface area (TPSA) is 88.8 Å². The molecule has 5 heteroatoms. The van der Waals surface area contributed by atoms with Crippen LogP contribution >= 0.6 is 0 Å². The van der Waals surface area contributed by atoms with Gasteiger partial charge in [-0.05, 0) is 35.9 Å². The van der Waals surface area contributed by atoms with E-state index in [-0.39, 0.29) is 5.78 Å². The van der Waals surface area contributed by atoms with Crippen molar-refractivity contribution in [1.82, 2.24) is 10.2 Å². The molecular weight excluding hydrogens is 350 g/mol. The van der Waals surface area contributed by atoms with Gasteiger partial charge in [0.1, 0.15) is 0 Å². The molecule has 5 nitrogen and oxygen atoms in total. The fourth-order valence-corrected chi connectivity index (χ4v) is 3.03. The number of benzene rings is 3. The Morgan fingerprint density at radius 3 is 2.36 bits per heavy atom. The molecule has 136 valence electrons. The Morgan fingerprint density at radius 1 is 0.821 bits per heavy atom. The van der Waals surface area contributed by atoms with Crippen LogP contribution in [0.1, 0.15) is 37.5 Å². The van der Waals surface area contributed by atoms with E-state index in [0.29, 0.717) is 16.7 Å². The second kappa shape index (κ2) is 7.32. The third-order valence-electron chi connectivity index (χ3n) is 4.50. The van der Waals surface area contributed by atoms with E-state index >= 15 is 0 Å². The number of nitrogens with zero attached hydrogens (tertiary/aromatic N) is 1. The summed E-state index contributed by atoms with van der Waals surface area (Å²) in [4.78, 5) is 24.1. The SMILES string of the molecule is NC(=O)c1cccc(C(=O)c2ccc3c(C=Cc4ccccc4)n[nH]c3c2)c1. The molecule has 0 atom stereocenters. The van der Waals surface area contributed by atoms with Crippen LogP contribution in [0.2, 0.25) is 0 Å². The second-order valence-electron chi connectivity index (χ2n) is 6.39. The van der Waals surface area contributed by atoms with Crippen molar-refractivity contribution in [2.45, 2.75) is 0 Å². The maximum atomic E-state index is 12.8. The number of rotatable bonds is 5. The van der Waals surface area contributed by atoms with Crippen LogP contribution < -0.4 is 5.73 Å². The Kier molecular flexibility index (Phi) is 4.56. The van der Waals surface area contributed by atoms with Crippen molar-refractivity contribution in [2.75, 3.05) is 0 Å². The first kappa shape index (κ1) is 17.4. The molecule has 0 aliphatic heterocycles. The van der Waals surface area contributed by atoms with Crippen LogP contribution in [0.4, 0.5) is 0 Å². The second-order valence-corrected chi connectivity index (χ2v) is 6.39. The molecule has 0 saturated carbocycles. The molecule has 28 heavy (non-hydrogen) atoms. The van der Waals surface area contributed by atoms with Gasteiger partial charge in [-0.3, -0.25) is 14.7 Å². The van der Waals surface area contributed by atoms with E-state index in [4.69, 9.17) is 5.73 Å². The van der Waals surface area contributed by atoms with Gasteiger partial charge in [0.15, 0.2) is 5.78 Å². The maximum Gasteiger partial charge on any atom is 0.248 e. The van der Waals surface area contributed by atoms with Crippen LogP contribution in [-0.2, 0) is 0 Å². The molecule has 3 aromatic carbocycles. The first-order valence-electron chi connectivity index (χ1n) is 8.77. The van der Waals surface area contributed by atoms with Gasteiger partial charge in [0.05, 0.1) is 11.2 Å². The first-order valence-corrected chi connectivity index (χ1v) is 8.77. The van der Waals surface area contributed by atoms with Gasteiger partial charge in [-0.15, -0.1) is 0 Å². The molecule has 4 rings (SSSR count). The lowest BCUT2D eigenvalue weighted by atomic mass is 10.00. The minimum Gasteiger partial charge on any atom is -0.366 e. The van der Waals surface area contributed by atoms with Crippen molar-refractivity contribution < 1.29 is 9.59 Å². The highest BCUT2D eigenvalue weighted by Crippen LogP contribution is 2.21. The number of nitrogens with one attached hydrogen (secondary N) is 1. The summed E-state index contributed by atoms with van der Waals surface area (Å²) in [5.74, 6) is -0.741. The Bertz CT molecular complexity index is 1210. The highest BCUT2D eigenvalue weighted by Gasteiger charge is 2.13. The van der Waals surface area contributed by atoms with Crippen molar-refractivity contribution in [3.63, 3.8) is 0 Å². The molecule has 0 fully saturated rings. The largest absolute Gasteiger partial charge is 0.366 e. The van der Waals surface area contributed by atoms with Gasteiger partial charge in [-0.2, -0.15) is 5.10 Å². The number of amides is 1. The smallest absolute Gasteiger partial charge is 0.248 e. The summed E-state index contributed by atoms with van der Waals surface area (Å²) in [5.41, 5.74) is 9.18. The number of H-pyrrole nitrogens is 1. The summed E-state index contributed by atoms with van der Waals surface area (Å²) in [6.45, 7) is 0. The van der Waals surface area contributed by atoms with E-state index in [2.05, 4.69) is 10.2 Å². The summed E-state index contributed by atoms with van der Waals surface area (Å²) in [5, 5.41) is 8.24. The number of nitrogens with two attached hydrogens (primary N) is 1. The van der Waals surface area contributed by atoms with Crippen molar-refractivity contribution in [1.29, 1.82) is 0 Å². The van der Waals surface area contributed by atoms with Gasteiger partial charge in [0.25, 0.3) is 0 Å². The number of aromatic amines is 1. The van der Waals surface area contributed by atoms with E-state index in [0.717, 1.165) is 22.2 Å². The summed E-state index contributed by atoms with van der Waals surface area (Å²) >= 11 is 0. The number of hydrogen-bond acceptors (Lipinski definition) is 3. The number of carbonyl (C=O) groups is 2. The maximum absolute atomic E-state index is 12.8. The number of aromatic nitrogens is 2. The average Bonchev–Trinajstić information content (AvgIpc) is 3.14. The molecule has 4 aromatic rings. The lowest BCUT2D eigenvalue weighted by Gasteiger charge is -2.03. The molecule has 1 aromatic heterocycles. The van der Waals surface area contributed by atoms with Crippen LogP contribution in [0.15, 0.2) is 72.8 Å². The van der Waals surface area contributed by atoms with Crippen molar-refractivity contribution in [3.05, 3.63) is 101 Å². The minimum absolute atomic E-state index is 0.180. The number of hydrogen-bond donors (Lipinski definition) is 2. The average molecular weight is 367 g/mol. The molecule has 0 saturated heterocycles. The quantitative estimate of drug-likeness (QED) is 0.521. The number of carbonyl (C=O) groups excluding carboxylic acids is 2. The summed E-state index contributed by atoms with van der Waals surface area (Å²) in [6.07, 6.45) is 3.93. The molecule has 1 heterocycles. The van der Waals surface area contributed by atoms with Crippen LogP contribution in [-0.4, -0.2) is 21.9 Å². The van der Waals surface area contributed by atoms with Crippen molar-refractivity contribution in [3.8, 4) is 0 Å². The minimum atomic E-state index is -0.562. The Hall–Kier alpha value is -3.99. The van der Waals surface area contributed by atoms with E-state index in [1.54, 1.807) is 30.3 Å². The number of fused-ring (bicyclic) bond motifs is 1. The van der Waals surface area contributed by atoms with Gasteiger partial charge in [0.2, 0.25) is 5.91 Å². The summed E-state index contributed by atoms with van der Waals surface area (Å²) in [7, 11) is 0. The molecule has 1 amide bonds. The first-order chi connectivity index (χ1) is 13.6. The van der Waals surface area contributed by atoms with Gasteiger partial charge >= 0.3 is 0 Å². The monoisotopic (exact) mass is 367 g/mol. The predicted molar refractivity (Wildman–Crippen MR) is 110 cm³/mol. The zero-order valence-corrected chi connectivity index (χ0v) is 14.9. The molecule has 0 radical (unpaired) electrons. The fourth-order valence-electron chi connectivity index (χ4n) is 3.03. The van der Waals surface area contributed by atoms with Gasteiger partial charge in [0, 0.05) is 22.1 Å². The Labute approximate surface area is 161 Å². The molecular formula is C23H17N3O2. The Balaban J connectivity index is 1.64. The predicted octanol–water partition coefficient (Wildman–Crippen LogP) is 4.06. The molecule has 0 bridgehead atoms. The van der Waals surface area contributed by atoms with Gasteiger partial charge < -0.3 is 5.73 Å². The zero-order chi connectivity index (χ0) is 19.5. The molecule has 0 spiro atoms. The van der Waals surface area contributed by atoms with E-state index < -0.39 is 5.91 Å². The van der Waals surface area contributed by atoms with E-state index in [1.165, 1.54) is 6.07 Å². The third-order valence-corrected chi connectivity index (χ3v) is 4.50. The molecule has 3 N–H and O–H groups in total. The summed E-state index contributed by atoms with van der Waals surface area (Å²) < 4.78 is 0. The standard InChI is InChI=1S/C23H17N3O2/c24-23(28)18-8-4-7-16(13-18)22(27)17-10-11-19-20(25-26-21(19)14-17)12-9-15-5-2-1-3-6-15/h1-14H,(H2,24,28)(H,25,26). The van der Waals surface area contributed by atoms with Crippen molar-refractivity contribution in [2.24, 2.45) is 5.73 Å². The number of ketones is 1. The van der Waals surface area contributed by atoms with Gasteiger partial charge in [-0.1, -0.05) is 54.6 Å². The lowest BCUT2D eigenvalue weighted by molar-refractivity contribution is 0.1000. The molecule has 0 aliphatic carbocycles. The van der Waals surface area contributed by atoms with E-state index in [1.807, 2.05) is 48.6 Å². The highest BCUT2D eigenvalue weighted by atomic mass is 16.1. The van der Waals surface area contributed by atoms with Crippen LogP contribution in [0.25, 0.3) is 23.1 Å². The van der Waals surface area contributed by atoms with Crippen LogP contribution in [0.5, 0.6) is 0 Å². The summed E-state index contributed by atoms with van der Waals surface area (Å²) in [6, 6.07) is 21.8. The normalized spacial score (nSPS) is 11.1. The van der Waals surface area contributed by atoms with Crippen LogP contribution in [0, 0.1) is 0 Å². The van der Waals surface area contributed by atoms with Crippen molar-refractivity contribution >= 4 is 34.7 Å². The lowest BCUT2D eigenvalue weighted by Crippen LogP contribution is -2.12. The van der Waals surface area contributed by atoms with Gasteiger partial charge in [-0.25, -0.2) is 0 Å². The molecule has 0 aliphatic rings. The fraction of sp³-hybridized carbons (Fsp3) is 0. The van der Waals surface area contributed by atoms with E-state index in [9.17, 15) is 9.59 Å². The van der Waals surface area contributed by atoms with Crippen LogP contribution in [0.3, 0.4) is 0 Å². The number of primary amides is 1. The zero-order valence-electron chi connectivity index (χ0n) is 14.9.